The smallest absolute Gasteiger partial charge is 0.335 e. The number of aromatic carboxylic acids is 1. The van der Waals surface area contributed by atoms with Gasteiger partial charge in [-0.2, -0.15) is 0 Å². The first-order valence-corrected chi connectivity index (χ1v) is 10.4. The molecule has 2 N–H and O–H groups in total. The first-order valence-electron chi connectivity index (χ1n) is 8.79. The average molecular weight is 475 g/mol. The molecule has 156 valence electrons. The number of carboxylic acid groups (broad SMARTS) is 1. The Kier molecular flexibility index (Phi) is 5.73. The summed E-state index contributed by atoms with van der Waals surface area (Å²) in [4.78, 5) is 31.3. The van der Waals surface area contributed by atoms with Crippen molar-refractivity contribution >= 4 is 61.5 Å². The third kappa shape index (κ3) is 4.43. The first-order chi connectivity index (χ1) is 14.8. The Morgan fingerprint density at radius 2 is 1.84 bits per heavy atom. The van der Waals surface area contributed by atoms with Crippen LogP contribution in [0.2, 0.25) is 10.0 Å². The van der Waals surface area contributed by atoms with E-state index in [9.17, 15) is 14.9 Å². The molecule has 2 heterocycles. The molecule has 0 aliphatic rings. The maximum atomic E-state index is 11.3. The zero-order valence-electron chi connectivity index (χ0n) is 15.5. The molecule has 0 unspecified atom stereocenters. The fraction of sp³-hybridized carbons (Fsp3) is 0.0500. The molecule has 4 aromatic rings. The van der Waals surface area contributed by atoms with E-state index in [1.54, 1.807) is 30.3 Å². The van der Waals surface area contributed by atoms with Gasteiger partial charge in [0.05, 0.1) is 25.9 Å². The maximum absolute atomic E-state index is 11.3. The predicted octanol–water partition coefficient (Wildman–Crippen LogP) is 5.88. The van der Waals surface area contributed by atoms with Gasteiger partial charge in [-0.15, -0.1) is 0 Å². The molecule has 11 heteroatoms. The zero-order chi connectivity index (χ0) is 22.1. The van der Waals surface area contributed by atoms with Gasteiger partial charge < -0.3 is 10.4 Å². The molecular formula is C20H12Cl2N4O4S. The fourth-order valence-electron chi connectivity index (χ4n) is 2.86. The van der Waals surface area contributed by atoms with Crippen molar-refractivity contribution in [1.29, 1.82) is 0 Å². The molecule has 0 aliphatic carbocycles. The number of hydrogen-bond acceptors (Lipinski definition) is 7. The lowest BCUT2D eigenvalue weighted by atomic mass is 10.1. The van der Waals surface area contributed by atoms with E-state index in [2.05, 4.69) is 15.3 Å². The van der Waals surface area contributed by atoms with Crippen LogP contribution in [-0.2, 0) is 6.54 Å². The average Bonchev–Trinajstić information content (AvgIpc) is 3.19. The van der Waals surface area contributed by atoms with Crippen molar-refractivity contribution in [3.05, 3.63) is 79.8 Å². The van der Waals surface area contributed by atoms with E-state index in [-0.39, 0.29) is 10.6 Å². The minimum Gasteiger partial charge on any atom is -0.478 e. The number of fused-ring (bicyclic) bond motifs is 1. The Bertz CT molecular complexity index is 1330. The van der Waals surface area contributed by atoms with E-state index >= 15 is 0 Å². The minimum absolute atomic E-state index is 0.0553. The number of rotatable bonds is 6. The minimum atomic E-state index is -1.04. The predicted molar refractivity (Wildman–Crippen MR) is 120 cm³/mol. The number of carbonyl (C=O) groups is 1. The summed E-state index contributed by atoms with van der Waals surface area (Å²) in [6.45, 7) is 0.351. The SMILES string of the molecule is O=C(O)c1ccc(-c2nc(NCc3ccc(Cl)c(Cl)c3)c3cc([N+](=O)[O-])sc3n2)cc1. The van der Waals surface area contributed by atoms with Crippen LogP contribution in [0.5, 0.6) is 0 Å². The summed E-state index contributed by atoms with van der Waals surface area (Å²) in [5, 5.41) is 24.8. The van der Waals surface area contributed by atoms with Gasteiger partial charge in [-0.3, -0.25) is 10.1 Å². The van der Waals surface area contributed by atoms with Crippen molar-refractivity contribution in [1.82, 2.24) is 9.97 Å². The number of halogens is 2. The van der Waals surface area contributed by atoms with E-state index in [1.807, 2.05) is 0 Å². The molecule has 2 aromatic heterocycles. The topological polar surface area (TPSA) is 118 Å². The molecule has 0 fully saturated rings. The van der Waals surface area contributed by atoms with Crippen molar-refractivity contribution in [3.8, 4) is 11.4 Å². The second-order valence-electron chi connectivity index (χ2n) is 6.44. The Morgan fingerprint density at radius 3 is 2.48 bits per heavy atom. The number of hydrogen-bond donors (Lipinski definition) is 2. The van der Waals surface area contributed by atoms with E-state index in [4.69, 9.17) is 28.3 Å². The number of thiophene rings is 1. The van der Waals surface area contributed by atoms with Crippen LogP contribution in [0.1, 0.15) is 15.9 Å². The first kappa shape index (κ1) is 21.0. The lowest BCUT2D eigenvalue weighted by molar-refractivity contribution is -0.380. The van der Waals surface area contributed by atoms with E-state index in [1.165, 1.54) is 18.2 Å². The Morgan fingerprint density at radius 1 is 1.10 bits per heavy atom. The Labute approximate surface area is 189 Å². The summed E-state index contributed by atoms with van der Waals surface area (Å²) in [6, 6.07) is 12.7. The summed E-state index contributed by atoms with van der Waals surface area (Å²) >= 11 is 13.0. The van der Waals surface area contributed by atoms with Crippen LogP contribution in [0, 0.1) is 10.1 Å². The molecule has 0 radical (unpaired) electrons. The van der Waals surface area contributed by atoms with Gasteiger partial charge in [-0.05, 0) is 41.2 Å². The normalized spacial score (nSPS) is 10.9. The van der Waals surface area contributed by atoms with Gasteiger partial charge in [0.15, 0.2) is 5.82 Å². The molecule has 0 bridgehead atoms. The monoisotopic (exact) mass is 474 g/mol. The molecule has 2 aromatic carbocycles. The molecule has 8 nitrogen and oxygen atoms in total. The van der Waals surface area contributed by atoms with Gasteiger partial charge in [-0.25, -0.2) is 14.8 Å². The van der Waals surface area contributed by atoms with Crippen LogP contribution >= 0.6 is 34.5 Å². The molecule has 0 spiro atoms. The highest BCUT2D eigenvalue weighted by Gasteiger charge is 2.18. The van der Waals surface area contributed by atoms with Crippen LogP contribution in [0.4, 0.5) is 10.8 Å². The van der Waals surface area contributed by atoms with Crippen LogP contribution in [-0.4, -0.2) is 26.0 Å². The van der Waals surface area contributed by atoms with Crippen molar-refractivity contribution < 1.29 is 14.8 Å². The molecule has 0 saturated carbocycles. The van der Waals surface area contributed by atoms with E-state index in [0.717, 1.165) is 16.9 Å². The summed E-state index contributed by atoms with van der Waals surface area (Å²) in [5.74, 6) is -0.309. The molecule has 0 atom stereocenters. The second kappa shape index (κ2) is 8.46. The number of nitrogens with zero attached hydrogens (tertiary/aromatic N) is 3. The largest absolute Gasteiger partial charge is 0.478 e. The molecule has 0 saturated heterocycles. The summed E-state index contributed by atoms with van der Waals surface area (Å²) in [5.41, 5.74) is 1.56. The Balaban J connectivity index is 1.74. The highest BCUT2D eigenvalue weighted by molar-refractivity contribution is 7.21. The quantitative estimate of drug-likeness (QED) is 0.264. The molecule has 0 amide bonds. The number of anilines is 1. The van der Waals surface area contributed by atoms with Gasteiger partial charge in [0, 0.05) is 18.2 Å². The Hall–Kier alpha value is -3.27. The lowest BCUT2D eigenvalue weighted by Crippen LogP contribution is -2.04. The van der Waals surface area contributed by atoms with E-state index < -0.39 is 10.9 Å². The van der Waals surface area contributed by atoms with Crippen molar-refractivity contribution in [2.24, 2.45) is 0 Å². The number of aromatic nitrogens is 2. The highest BCUT2D eigenvalue weighted by Crippen LogP contribution is 2.35. The van der Waals surface area contributed by atoms with Gasteiger partial charge in [0.2, 0.25) is 0 Å². The fourth-order valence-corrected chi connectivity index (χ4v) is 4.03. The summed E-state index contributed by atoms with van der Waals surface area (Å²) in [6.07, 6.45) is 0. The van der Waals surface area contributed by atoms with Gasteiger partial charge in [0.25, 0.3) is 0 Å². The molecule has 4 rings (SSSR count). The number of nitrogens with one attached hydrogen (secondary N) is 1. The van der Waals surface area contributed by atoms with Crippen LogP contribution < -0.4 is 5.32 Å². The third-order valence-corrected chi connectivity index (χ3v) is 6.11. The third-order valence-electron chi connectivity index (χ3n) is 4.39. The zero-order valence-corrected chi connectivity index (χ0v) is 17.8. The molecule has 0 aliphatic heterocycles. The van der Waals surface area contributed by atoms with Gasteiger partial charge in [0.1, 0.15) is 10.6 Å². The number of nitro groups is 1. The standard InChI is InChI=1S/C20H12Cl2N4O4S/c21-14-6-1-10(7-15(14)22)9-23-18-13-8-16(26(29)30)31-19(13)25-17(24-18)11-2-4-12(5-3-11)20(27)28/h1-8H,9H2,(H,27,28)(H,23,24,25). The molecular weight excluding hydrogens is 463 g/mol. The number of carboxylic acids is 1. The van der Waals surface area contributed by atoms with Gasteiger partial charge >= 0.3 is 11.0 Å². The van der Waals surface area contributed by atoms with Crippen molar-refractivity contribution in [3.63, 3.8) is 0 Å². The lowest BCUT2D eigenvalue weighted by Gasteiger charge is -2.10. The maximum Gasteiger partial charge on any atom is 0.335 e. The molecule has 31 heavy (non-hydrogen) atoms. The highest BCUT2D eigenvalue weighted by atomic mass is 35.5. The van der Waals surface area contributed by atoms with E-state index in [0.29, 0.717) is 44.0 Å². The van der Waals surface area contributed by atoms with Crippen LogP contribution in [0.25, 0.3) is 21.6 Å². The van der Waals surface area contributed by atoms with Crippen molar-refractivity contribution in [2.45, 2.75) is 6.54 Å². The van der Waals surface area contributed by atoms with Crippen LogP contribution in [0.15, 0.2) is 48.5 Å². The van der Waals surface area contributed by atoms with Crippen molar-refractivity contribution in [2.75, 3.05) is 5.32 Å². The van der Waals surface area contributed by atoms with Crippen LogP contribution in [0.3, 0.4) is 0 Å². The summed E-state index contributed by atoms with van der Waals surface area (Å²) in [7, 11) is 0. The van der Waals surface area contributed by atoms with Gasteiger partial charge in [-0.1, -0.05) is 41.4 Å². The second-order valence-corrected chi connectivity index (χ2v) is 8.26. The number of benzene rings is 2. The summed E-state index contributed by atoms with van der Waals surface area (Å²) < 4.78 is 0.